The topological polar surface area (TPSA) is 0 Å². The maximum absolute atomic E-state index is 6.61. The van der Waals surface area contributed by atoms with Crippen LogP contribution in [0.4, 0.5) is 0 Å². The minimum absolute atomic E-state index is 0.103. The van der Waals surface area contributed by atoms with Crippen LogP contribution in [0.5, 0.6) is 0 Å². The summed E-state index contributed by atoms with van der Waals surface area (Å²) in [5.41, 5.74) is 0.357. The molecule has 2 rings (SSSR count). The molecule has 0 radical (unpaired) electrons. The third-order valence-electron chi connectivity index (χ3n) is 3.63. The van der Waals surface area contributed by atoms with E-state index >= 15 is 0 Å². The quantitative estimate of drug-likeness (QED) is 0.556. The van der Waals surface area contributed by atoms with Gasteiger partial charge in [-0.2, -0.15) is 0 Å². The van der Waals surface area contributed by atoms with Crippen molar-refractivity contribution in [3.05, 3.63) is 19.8 Å². The lowest BCUT2D eigenvalue weighted by molar-refractivity contribution is 0.253. The molecule has 0 aromatic carbocycles. The number of rotatable bonds is 2. The van der Waals surface area contributed by atoms with Crippen LogP contribution in [0.25, 0.3) is 0 Å². The Morgan fingerprint density at radius 3 is 2.69 bits per heavy atom. The van der Waals surface area contributed by atoms with E-state index in [4.69, 9.17) is 23.2 Å². The highest BCUT2D eigenvalue weighted by Crippen LogP contribution is 2.53. The molecule has 0 N–H and O–H groups in total. The van der Waals surface area contributed by atoms with Crippen molar-refractivity contribution in [2.24, 2.45) is 11.3 Å². The lowest BCUT2D eigenvalue weighted by atomic mass is 9.79. The van der Waals surface area contributed by atoms with Crippen LogP contribution in [0, 0.1) is 11.3 Å². The molecule has 16 heavy (non-hydrogen) atoms. The first-order valence-corrected chi connectivity index (χ1v) is 7.93. The minimum Gasteiger partial charge on any atom is -0.126 e. The predicted molar refractivity (Wildman–Crippen MR) is 76.7 cm³/mol. The summed E-state index contributed by atoms with van der Waals surface area (Å²) in [6, 6.07) is 2.07. The van der Waals surface area contributed by atoms with Crippen LogP contribution in [0.2, 0.25) is 4.34 Å². The monoisotopic (exact) mass is 340 g/mol. The first-order chi connectivity index (χ1) is 7.42. The Morgan fingerprint density at radius 1 is 1.56 bits per heavy atom. The van der Waals surface area contributed by atoms with Crippen LogP contribution in [0.15, 0.2) is 10.5 Å². The van der Waals surface area contributed by atoms with Gasteiger partial charge in [-0.25, -0.2) is 0 Å². The number of hydrogen-bond donors (Lipinski definition) is 0. The number of alkyl halides is 1. The fourth-order valence-corrected chi connectivity index (χ4v) is 5.04. The van der Waals surface area contributed by atoms with Crippen molar-refractivity contribution >= 4 is 50.5 Å². The lowest BCUT2D eigenvalue weighted by Crippen LogP contribution is -2.21. The Balaban J connectivity index is 2.22. The molecule has 0 bridgehead atoms. The van der Waals surface area contributed by atoms with Crippen molar-refractivity contribution in [3.63, 3.8) is 0 Å². The summed E-state index contributed by atoms with van der Waals surface area (Å²) in [6.45, 7) is 4.65. The first kappa shape index (κ1) is 13.2. The van der Waals surface area contributed by atoms with E-state index in [1.165, 1.54) is 24.1 Å². The van der Waals surface area contributed by atoms with E-state index in [-0.39, 0.29) is 5.38 Å². The fourth-order valence-electron chi connectivity index (χ4n) is 2.59. The van der Waals surface area contributed by atoms with Gasteiger partial charge in [0.25, 0.3) is 0 Å². The van der Waals surface area contributed by atoms with E-state index in [1.54, 1.807) is 11.3 Å². The summed E-state index contributed by atoms with van der Waals surface area (Å²) in [7, 11) is 0. The number of halogens is 3. The molecule has 1 aromatic heterocycles. The van der Waals surface area contributed by atoms with Crippen LogP contribution < -0.4 is 0 Å². The molecule has 1 heterocycles. The molecule has 1 fully saturated rings. The predicted octanol–water partition coefficient (Wildman–Crippen LogP) is 6.27. The highest BCUT2D eigenvalue weighted by atomic mass is 79.9. The molecular formula is C12H15BrCl2S. The summed E-state index contributed by atoms with van der Waals surface area (Å²) in [5.74, 6) is 0.566. The van der Waals surface area contributed by atoms with E-state index in [0.29, 0.717) is 11.3 Å². The van der Waals surface area contributed by atoms with E-state index < -0.39 is 0 Å². The van der Waals surface area contributed by atoms with Crippen molar-refractivity contribution in [2.75, 3.05) is 0 Å². The molecule has 0 amide bonds. The Hall–Kier alpha value is 0.760. The summed E-state index contributed by atoms with van der Waals surface area (Å²) < 4.78 is 1.77. The van der Waals surface area contributed by atoms with Gasteiger partial charge in [0, 0.05) is 9.35 Å². The summed E-state index contributed by atoms with van der Waals surface area (Å²) in [5, 5.41) is 0.103. The lowest BCUT2D eigenvalue weighted by Gasteiger charge is -2.30. The van der Waals surface area contributed by atoms with Crippen molar-refractivity contribution < 1.29 is 0 Å². The zero-order chi connectivity index (χ0) is 11.9. The highest BCUT2D eigenvalue weighted by Gasteiger charge is 2.39. The second kappa shape index (κ2) is 4.79. The average molecular weight is 342 g/mol. The average Bonchev–Trinajstić information content (AvgIpc) is 2.70. The van der Waals surface area contributed by atoms with Crippen LogP contribution >= 0.6 is 50.5 Å². The zero-order valence-electron chi connectivity index (χ0n) is 9.40. The maximum Gasteiger partial charge on any atom is 0.107 e. The summed E-state index contributed by atoms with van der Waals surface area (Å²) in [4.78, 5) is 1.19. The molecular weight excluding hydrogens is 327 g/mol. The zero-order valence-corrected chi connectivity index (χ0v) is 13.3. The van der Waals surface area contributed by atoms with Crippen LogP contribution in [0.1, 0.15) is 43.4 Å². The van der Waals surface area contributed by atoms with Gasteiger partial charge in [-0.1, -0.05) is 31.9 Å². The maximum atomic E-state index is 6.61. The molecule has 0 nitrogen and oxygen atoms in total. The van der Waals surface area contributed by atoms with E-state index in [2.05, 4.69) is 35.8 Å². The molecule has 90 valence electrons. The van der Waals surface area contributed by atoms with Gasteiger partial charge in [0.05, 0.1) is 5.38 Å². The largest absolute Gasteiger partial charge is 0.126 e. The Morgan fingerprint density at radius 2 is 2.25 bits per heavy atom. The molecule has 2 atom stereocenters. The third-order valence-corrected chi connectivity index (χ3v) is 6.86. The van der Waals surface area contributed by atoms with Gasteiger partial charge in [0.2, 0.25) is 0 Å². The normalized spacial score (nSPS) is 25.9. The van der Waals surface area contributed by atoms with Crippen molar-refractivity contribution in [1.82, 2.24) is 0 Å². The molecule has 2 unspecified atom stereocenters. The highest BCUT2D eigenvalue weighted by molar-refractivity contribution is 9.10. The number of thiophene rings is 1. The fraction of sp³-hybridized carbons (Fsp3) is 0.667. The van der Waals surface area contributed by atoms with Gasteiger partial charge in [0.15, 0.2) is 0 Å². The molecule has 1 aliphatic carbocycles. The molecule has 1 aliphatic rings. The van der Waals surface area contributed by atoms with E-state index in [1.807, 2.05) is 0 Å². The first-order valence-electron chi connectivity index (χ1n) is 5.50. The molecule has 0 aliphatic heterocycles. The Kier molecular flexibility index (Phi) is 3.95. The number of hydrogen-bond acceptors (Lipinski definition) is 1. The van der Waals surface area contributed by atoms with Gasteiger partial charge >= 0.3 is 0 Å². The second-order valence-corrected chi connectivity index (χ2v) is 8.17. The van der Waals surface area contributed by atoms with Crippen LogP contribution in [-0.2, 0) is 0 Å². The van der Waals surface area contributed by atoms with Gasteiger partial charge in [-0.15, -0.1) is 22.9 Å². The van der Waals surface area contributed by atoms with Crippen molar-refractivity contribution in [1.29, 1.82) is 0 Å². The minimum atomic E-state index is 0.103. The summed E-state index contributed by atoms with van der Waals surface area (Å²) >= 11 is 17.7. The SMILES string of the molecule is CC1(C)CCCC1C(Cl)c1cc(Br)c(Cl)s1. The smallest absolute Gasteiger partial charge is 0.107 e. The van der Waals surface area contributed by atoms with Crippen LogP contribution in [-0.4, -0.2) is 0 Å². The Bertz CT molecular complexity index is 367. The van der Waals surface area contributed by atoms with Gasteiger partial charge < -0.3 is 0 Å². The van der Waals surface area contributed by atoms with E-state index in [0.717, 1.165) is 8.81 Å². The molecule has 0 saturated heterocycles. The molecule has 0 spiro atoms. The van der Waals surface area contributed by atoms with E-state index in [9.17, 15) is 0 Å². The van der Waals surface area contributed by atoms with Crippen molar-refractivity contribution in [3.8, 4) is 0 Å². The van der Waals surface area contributed by atoms with Crippen molar-refractivity contribution in [2.45, 2.75) is 38.5 Å². The second-order valence-electron chi connectivity index (χ2n) is 5.16. The molecule has 4 heteroatoms. The van der Waals surface area contributed by atoms with Gasteiger partial charge in [0.1, 0.15) is 4.34 Å². The molecule has 1 aromatic rings. The molecule has 1 saturated carbocycles. The standard InChI is InChI=1S/C12H15BrCl2S/c1-12(2)5-3-4-7(12)10(14)9-6-8(13)11(15)16-9/h6-7,10H,3-5H2,1-2H3. The summed E-state index contributed by atoms with van der Waals surface area (Å²) in [6.07, 6.45) is 3.80. The van der Waals surface area contributed by atoms with Gasteiger partial charge in [-0.3, -0.25) is 0 Å². The van der Waals surface area contributed by atoms with Crippen LogP contribution in [0.3, 0.4) is 0 Å². The van der Waals surface area contributed by atoms with Gasteiger partial charge in [-0.05, 0) is 46.2 Å². The Labute approximate surface area is 119 Å². The third kappa shape index (κ3) is 2.45.